The second kappa shape index (κ2) is 11.4. The van der Waals surface area contributed by atoms with Crippen molar-refractivity contribution in [3.8, 4) is 55.6 Å². The topological polar surface area (TPSA) is 0 Å². The minimum Gasteiger partial charge on any atom is -0.0622 e. The summed E-state index contributed by atoms with van der Waals surface area (Å²) in [5.74, 6) is 0. The van der Waals surface area contributed by atoms with E-state index in [0.29, 0.717) is 0 Å². The van der Waals surface area contributed by atoms with Crippen LogP contribution in [0.1, 0.15) is 25.0 Å². The zero-order valence-electron chi connectivity index (χ0n) is 28.8. The summed E-state index contributed by atoms with van der Waals surface area (Å²) < 4.78 is 0. The van der Waals surface area contributed by atoms with E-state index in [1.807, 2.05) is 0 Å². The quantitative estimate of drug-likeness (QED) is 0.167. The molecule has 0 radical (unpaired) electrons. The molecule has 0 fully saturated rings. The van der Waals surface area contributed by atoms with E-state index in [2.05, 4.69) is 196 Å². The number of benzene rings is 9. The van der Waals surface area contributed by atoms with E-state index in [0.717, 1.165) is 0 Å². The van der Waals surface area contributed by atoms with Crippen molar-refractivity contribution >= 4 is 32.3 Å². The SMILES string of the molecule is CC1(C)c2ccccc2-c2ccc(-c3c4ccccc4c(-c4c(-c5ccccc5)ccc5ccccc45)c4ccc(-c5ccccc5)cc34)cc21. The van der Waals surface area contributed by atoms with E-state index in [1.54, 1.807) is 0 Å². The van der Waals surface area contributed by atoms with Gasteiger partial charge in [0.15, 0.2) is 0 Å². The summed E-state index contributed by atoms with van der Waals surface area (Å²) in [7, 11) is 0. The van der Waals surface area contributed by atoms with Crippen molar-refractivity contribution in [3.05, 3.63) is 193 Å². The Hall–Kier alpha value is -6.24. The number of hydrogen-bond donors (Lipinski definition) is 0. The molecule has 0 heteroatoms. The molecular formula is C51H36. The highest BCUT2D eigenvalue weighted by Gasteiger charge is 2.35. The van der Waals surface area contributed by atoms with Gasteiger partial charge in [-0.1, -0.05) is 184 Å². The molecule has 0 saturated carbocycles. The van der Waals surface area contributed by atoms with Gasteiger partial charge in [-0.25, -0.2) is 0 Å². The summed E-state index contributed by atoms with van der Waals surface area (Å²) in [4.78, 5) is 0. The summed E-state index contributed by atoms with van der Waals surface area (Å²) in [6.45, 7) is 4.75. The van der Waals surface area contributed by atoms with E-state index in [4.69, 9.17) is 0 Å². The Balaban J connectivity index is 1.35. The van der Waals surface area contributed by atoms with Crippen LogP contribution >= 0.6 is 0 Å². The van der Waals surface area contributed by atoms with Crippen molar-refractivity contribution in [2.75, 3.05) is 0 Å². The van der Waals surface area contributed by atoms with Gasteiger partial charge in [-0.2, -0.15) is 0 Å². The summed E-state index contributed by atoms with van der Waals surface area (Å²) in [5, 5.41) is 7.58. The number of rotatable bonds is 4. The zero-order valence-corrected chi connectivity index (χ0v) is 28.8. The third kappa shape index (κ3) is 4.53. The molecule has 0 aliphatic heterocycles. The van der Waals surface area contributed by atoms with E-state index < -0.39 is 0 Å². The van der Waals surface area contributed by atoms with Gasteiger partial charge in [-0.15, -0.1) is 0 Å². The summed E-state index contributed by atoms with van der Waals surface area (Å²) in [6, 6.07) is 67.5. The largest absolute Gasteiger partial charge is 0.0622 e. The monoisotopic (exact) mass is 648 g/mol. The van der Waals surface area contributed by atoms with Crippen LogP contribution in [0.15, 0.2) is 182 Å². The number of hydrogen-bond acceptors (Lipinski definition) is 0. The Morgan fingerprint density at radius 3 is 1.65 bits per heavy atom. The summed E-state index contributed by atoms with van der Waals surface area (Å²) >= 11 is 0. The molecule has 0 amide bonds. The van der Waals surface area contributed by atoms with E-state index >= 15 is 0 Å². The Morgan fingerprint density at radius 1 is 0.294 bits per heavy atom. The van der Waals surface area contributed by atoms with Gasteiger partial charge in [0.2, 0.25) is 0 Å². The third-order valence-corrected chi connectivity index (χ3v) is 11.3. The lowest BCUT2D eigenvalue weighted by Crippen LogP contribution is -2.14. The Kier molecular flexibility index (Phi) is 6.63. The fraction of sp³-hybridized carbons (Fsp3) is 0.0588. The molecule has 0 heterocycles. The highest BCUT2D eigenvalue weighted by atomic mass is 14.4. The first-order valence-electron chi connectivity index (χ1n) is 17.9. The van der Waals surface area contributed by atoms with Gasteiger partial charge < -0.3 is 0 Å². The Labute approximate surface area is 299 Å². The van der Waals surface area contributed by atoms with Crippen LogP contribution in [0, 0.1) is 0 Å². The average Bonchev–Trinajstić information content (AvgIpc) is 3.42. The Morgan fingerprint density at radius 2 is 0.863 bits per heavy atom. The highest BCUT2D eigenvalue weighted by Crippen LogP contribution is 2.52. The van der Waals surface area contributed by atoms with Gasteiger partial charge in [0.25, 0.3) is 0 Å². The van der Waals surface area contributed by atoms with Crippen LogP contribution in [-0.4, -0.2) is 0 Å². The maximum atomic E-state index is 2.48. The van der Waals surface area contributed by atoms with Crippen LogP contribution < -0.4 is 0 Å². The second-order valence-electron chi connectivity index (χ2n) is 14.4. The fourth-order valence-corrected chi connectivity index (χ4v) is 8.83. The van der Waals surface area contributed by atoms with E-state index in [-0.39, 0.29) is 5.41 Å². The van der Waals surface area contributed by atoms with E-state index in [9.17, 15) is 0 Å². The summed E-state index contributed by atoms with van der Waals surface area (Å²) in [6.07, 6.45) is 0. The van der Waals surface area contributed by atoms with Crippen molar-refractivity contribution in [1.29, 1.82) is 0 Å². The summed E-state index contributed by atoms with van der Waals surface area (Å²) in [5.41, 5.74) is 15.4. The normalized spacial score (nSPS) is 13.1. The molecule has 1 aliphatic rings. The standard InChI is InChI=1S/C51H36/c1-51(2)46-24-14-13-21-40(46)41-29-27-37(32-47(41)51)48-42-22-11-12-23-43(42)50(44-30-26-36(31-45(44)48)33-15-5-3-6-16-33)49-38-20-10-9-19-35(38)25-28-39(49)34-17-7-4-8-18-34/h3-32H,1-2H3. The lowest BCUT2D eigenvalue weighted by Gasteiger charge is -2.24. The molecule has 0 aromatic heterocycles. The first-order chi connectivity index (χ1) is 25.1. The van der Waals surface area contributed by atoms with Gasteiger partial charge >= 0.3 is 0 Å². The molecule has 9 aromatic rings. The number of fused-ring (bicyclic) bond motifs is 6. The van der Waals surface area contributed by atoms with Gasteiger partial charge in [0.05, 0.1) is 0 Å². The van der Waals surface area contributed by atoms with Crippen LogP contribution in [0.5, 0.6) is 0 Å². The molecule has 0 unspecified atom stereocenters. The predicted molar refractivity (Wildman–Crippen MR) is 218 cm³/mol. The molecule has 0 nitrogen and oxygen atoms in total. The van der Waals surface area contributed by atoms with Crippen LogP contribution in [0.25, 0.3) is 88.0 Å². The minimum absolute atomic E-state index is 0.0871. The lowest BCUT2D eigenvalue weighted by molar-refractivity contribution is 0.660. The smallest absolute Gasteiger partial charge is 0.0159 e. The Bertz CT molecular complexity index is 2800. The highest BCUT2D eigenvalue weighted by molar-refractivity contribution is 6.25. The molecule has 0 N–H and O–H groups in total. The van der Waals surface area contributed by atoms with Gasteiger partial charge in [0, 0.05) is 5.41 Å². The molecule has 0 bridgehead atoms. The minimum atomic E-state index is -0.0871. The van der Waals surface area contributed by atoms with Crippen molar-refractivity contribution in [3.63, 3.8) is 0 Å². The maximum Gasteiger partial charge on any atom is 0.0159 e. The van der Waals surface area contributed by atoms with Gasteiger partial charge in [0.1, 0.15) is 0 Å². The lowest BCUT2D eigenvalue weighted by atomic mass is 9.79. The average molecular weight is 649 g/mol. The van der Waals surface area contributed by atoms with Crippen LogP contribution in [0.4, 0.5) is 0 Å². The molecule has 0 saturated heterocycles. The van der Waals surface area contributed by atoms with Crippen LogP contribution in [-0.2, 0) is 5.41 Å². The van der Waals surface area contributed by atoms with E-state index in [1.165, 1.54) is 99.1 Å². The predicted octanol–water partition coefficient (Wildman–Crippen LogP) is 14.1. The molecule has 0 spiro atoms. The van der Waals surface area contributed by atoms with Crippen molar-refractivity contribution < 1.29 is 0 Å². The van der Waals surface area contributed by atoms with Crippen LogP contribution in [0.3, 0.4) is 0 Å². The molecule has 10 rings (SSSR count). The molecule has 0 atom stereocenters. The van der Waals surface area contributed by atoms with Gasteiger partial charge in [-0.05, 0) is 111 Å². The maximum absolute atomic E-state index is 2.48. The molecular weight excluding hydrogens is 613 g/mol. The van der Waals surface area contributed by atoms with Crippen LogP contribution in [0.2, 0.25) is 0 Å². The molecule has 9 aromatic carbocycles. The molecule has 240 valence electrons. The third-order valence-electron chi connectivity index (χ3n) is 11.3. The zero-order chi connectivity index (χ0) is 34.1. The van der Waals surface area contributed by atoms with Crippen molar-refractivity contribution in [2.45, 2.75) is 19.3 Å². The molecule has 1 aliphatic carbocycles. The second-order valence-corrected chi connectivity index (χ2v) is 14.4. The first kappa shape index (κ1) is 29.7. The first-order valence-corrected chi connectivity index (χ1v) is 17.9. The molecule has 51 heavy (non-hydrogen) atoms. The van der Waals surface area contributed by atoms with Gasteiger partial charge in [-0.3, -0.25) is 0 Å². The van der Waals surface area contributed by atoms with Crippen molar-refractivity contribution in [1.82, 2.24) is 0 Å². The van der Waals surface area contributed by atoms with Crippen molar-refractivity contribution in [2.24, 2.45) is 0 Å². The fourth-order valence-electron chi connectivity index (χ4n) is 8.83.